The molecule has 2 N–H and O–H groups in total. The molecule has 0 saturated carbocycles. The van der Waals surface area contributed by atoms with Crippen molar-refractivity contribution in [1.82, 2.24) is 15.3 Å². The van der Waals surface area contributed by atoms with Crippen molar-refractivity contribution < 1.29 is 9.53 Å². The Kier molecular flexibility index (Phi) is 5.33. The van der Waals surface area contributed by atoms with Gasteiger partial charge in [0.25, 0.3) is 0 Å². The highest BCUT2D eigenvalue weighted by molar-refractivity contribution is 5.77. The van der Waals surface area contributed by atoms with Crippen LogP contribution in [0.25, 0.3) is 11.0 Å². The summed E-state index contributed by atoms with van der Waals surface area (Å²) in [5, 5.41) is 2.98. The van der Waals surface area contributed by atoms with Crippen LogP contribution in [0, 0.1) is 6.92 Å². The lowest BCUT2D eigenvalue weighted by atomic mass is 10.2. The number of ether oxygens (including phenoxy) is 1. The average molecular weight is 337 g/mol. The summed E-state index contributed by atoms with van der Waals surface area (Å²) in [6.45, 7) is 4.47. The molecular weight excluding hydrogens is 314 g/mol. The van der Waals surface area contributed by atoms with Gasteiger partial charge in [0.05, 0.1) is 23.7 Å². The molecule has 5 heteroatoms. The Labute approximate surface area is 147 Å². The number of carbonyl (C=O) groups excluding carboxylic acids is 1. The van der Waals surface area contributed by atoms with Crippen LogP contribution in [0.1, 0.15) is 37.2 Å². The van der Waals surface area contributed by atoms with Gasteiger partial charge < -0.3 is 15.0 Å². The first kappa shape index (κ1) is 17.0. The number of aromatic nitrogens is 2. The molecule has 1 heterocycles. The Morgan fingerprint density at radius 1 is 1.20 bits per heavy atom. The molecule has 3 rings (SSSR count). The van der Waals surface area contributed by atoms with Crippen molar-refractivity contribution in [3.63, 3.8) is 0 Å². The zero-order chi connectivity index (χ0) is 17.6. The molecule has 0 radical (unpaired) electrons. The van der Waals surface area contributed by atoms with Crippen molar-refractivity contribution in [1.29, 1.82) is 0 Å². The number of aromatic amines is 1. The van der Waals surface area contributed by atoms with Crippen LogP contribution in [0.3, 0.4) is 0 Å². The number of hydrogen-bond acceptors (Lipinski definition) is 3. The van der Waals surface area contributed by atoms with Crippen molar-refractivity contribution in [3.05, 3.63) is 59.9 Å². The normalized spacial score (nSPS) is 12.1. The van der Waals surface area contributed by atoms with Crippen LogP contribution in [-0.2, 0) is 4.79 Å². The Morgan fingerprint density at radius 2 is 1.96 bits per heavy atom. The molecule has 1 atom stereocenters. The van der Waals surface area contributed by atoms with Gasteiger partial charge in [-0.05, 0) is 44.0 Å². The second-order valence-electron chi connectivity index (χ2n) is 6.15. The van der Waals surface area contributed by atoms with Crippen LogP contribution in [0.15, 0.2) is 48.5 Å². The van der Waals surface area contributed by atoms with E-state index < -0.39 is 0 Å². The molecule has 5 nitrogen and oxygen atoms in total. The maximum absolute atomic E-state index is 12.1. The number of hydrogen-bond donors (Lipinski definition) is 2. The van der Waals surface area contributed by atoms with Crippen molar-refractivity contribution in [2.45, 2.75) is 32.7 Å². The molecule has 0 spiro atoms. The van der Waals surface area contributed by atoms with Crippen LogP contribution in [-0.4, -0.2) is 22.5 Å². The number of carbonyl (C=O) groups is 1. The molecule has 25 heavy (non-hydrogen) atoms. The average Bonchev–Trinajstić information content (AvgIpc) is 3.04. The SMILES string of the molecule is Cc1ccccc1OCCCC(=O)NC(C)c1nc2ccccc2[nH]1. The quantitative estimate of drug-likeness (QED) is 0.642. The number of nitrogens with one attached hydrogen (secondary N) is 2. The number of benzene rings is 2. The number of rotatable bonds is 7. The highest BCUT2D eigenvalue weighted by Crippen LogP contribution is 2.17. The van der Waals surface area contributed by atoms with E-state index in [4.69, 9.17) is 4.74 Å². The third kappa shape index (κ3) is 4.38. The second-order valence-corrected chi connectivity index (χ2v) is 6.15. The molecule has 130 valence electrons. The molecule has 0 bridgehead atoms. The third-order valence-corrected chi connectivity index (χ3v) is 4.09. The highest BCUT2D eigenvalue weighted by atomic mass is 16.5. The number of para-hydroxylation sites is 3. The molecule has 1 amide bonds. The van der Waals surface area contributed by atoms with Gasteiger partial charge in [0, 0.05) is 6.42 Å². The highest BCUT2D eigenvalue weighted by Gasteiger charge is 2.13. The molecule has 0 aliphatic heterocycles. The molecule has 0 aliphatic carbocycles. The van der Waals surface area contributed by atoms with Crippen molar-refractivity contribution in [2.24, 2.45) is 0 Å². The van der Waals surface area contributed by atoms with Gasteiger partial charge in [-0.1, -0.05) is 30.3 Å². The minimum absolute atomic E-state index is 0.00124. The predicted molar refractivity (Wildman–Crippen MR) is 98.6 cm³/mol. The molecule has 0 saturated heterocycles. The number of nitrogens with zero attached hydrogens (tertiary/aromatic N) is 1. The summed E-state index contributed by atoms with van der Waals surface area (Å²) in [5.41, 5.74) is 2.99. The van der Waals surface area contributed by atoms with Gasteiger partial charge in [-0.25, -0.2) is 4.98 Å². The van der Waals surface area contributed by atoms with E-state index in [1.54, 1.807) is 0 Å². The second kappa shape index (κ2) is 7.83. The lowest BCUT2D eigenvalue weighted by molar-refractivity contribution is -0.122. The molecule has 3 aromatic rings. The van der Waals surface area contributed by atoms with E-state index in [0.29, 0.717) is 19.4 Å². The zero-order valence-corrected chi connectivity index (χ0v) is 14.6. The van der Waals surface area contributed by atoms with Crippen LogP contribution in [0.4, 0.5) is 0 Å². The maximum Gasteiger partial charge on any atom is 0.220 e. The topological polar surface area (TPSA) is 67.0 Å². The molecule has 2 aromatic carbocycles. The van der Waals surface area contributed by atoms with Crippen LogP contribution >= 0.6 is 0 Å². The van der Waals surface area contributed by atoms with Gasteiger partial charge >= 0.3 is 0 Å². The van der Waals surface area contributed by atoms with Crippen molar-refractivity contribution in [2.75, 3.05) is 6.61 Å². The van der Waals surface area contributed by atoms with Crippen molar-refractivity contribution >= 4 is 16.9 Å². The lowest BCUT2D eigenvalue weighted by Gasteiger charge is -2.12. The van der Waals surface area contributed by atoms with E-state index >= 15 is 0 Å². The number of fused-ring (bicyclic) bond motifs is 1. The van der Waals surface area contributed by atoms with E-state index in [1.807, 2.05) is 62.4 Å². The molecule has 1 aromatic heterocycles. The monoisotopic (exact) mass is 337 g/mol. The van der Waals surface area contributed by atoms with Crippen molar-refractivity contribution in [3.8, 4) is 5.75 Å². The van der Waals surface area contributed by atoms with E-state index in [-0.39, 0.29) is 11.9 Å². The smallest absolute Gasteiger partial charge is 0.220 e. The summed E-state index contributed by atoms with van der Waals surface area (Å²) >= 11 is 0. The Morgan fingerprint density at radius 3 is 2.76 bits per heavy atom. The Hall–Kier alpha value is -2.82. The van der Waals surface area contributed by atoms with Gasteiger partial charge in [0.1, 0.15) is 11.6 Å². The summed E-state index contributed by atoms with van der Waals surface area (Å²) < 4.78 is 5.72. The first-order chi connectivity index (χ1) is 12.1. The van der Waals surface area contributed by atoms with E-state index in [9.17, 15) is 4.79 Å². The number of H-pyrrole nitrogens is 1. The third-order valence-electron chi connectivity index (χ3n) is 4.09. The summed E-state index contributed by atoms with van der Waals surface area (Å²) in [4.78, 5) is 19.9. The number of imidazole rings is 1. The number of amides is 1. The first-order valence-electron chi connectivity index (χ1n) is 8.56. The fourth-order valence-corrected chi connectivity index (χ4v) is 2.69. The van der Waals surface area contributed by atoms with Gasteiger partial charge in [-0.3, -0.25) is 4.79 Å². The van der Waals surface area contributed by atoms with Gasteiger partial charge in [-0.2, -0.15) is 0 Å². The van der Waals surface area contributed by atoms with Gasteiger partial charge in [0.15, 0.2) is 0 Å². The standard InChI is InChI=1S/C20H23N3O2/c1-14-8-3-6-11-18(14)25-13-7-12-19(24)21-15(2)20-22-16-9-4-5-10-17(16)23-20/h3-6,8-11,15H,7,12-13H2,1-2H3,(H,21,24)(H,22,23). The van der Waals surface area contributed by atoms with E-state index in [1.165, 1.54) is 0 Å². The van der Waals surface area contributed by atoms with Gasteiger partial charge in [0.2, 0.25) is 5.91 Å². The minimum atomic E-state index is -0.155. The fraction of sp³-hybridized carbons (Fsp3) is 0.300. The summed E-state index contributed by atoms with van der Waals surface area (Å²) in [6, 6.07) is 15.6. The predicted octanol–water partition coefficient (Wildman–Crippen LogP) is 3.91. The molecule has 1 unspecified atom stereocenters. The molecule has 0 fully saturated rings. The zero-order valence-electron chi connectivity index (χ0n) is 14.6. The number of aryl methyl sites for hydroxylation is 1. The fourth-order valence-electron chi connectivity index (χ4n) is 2.69. The van der Waals surface area contributed by atoms with E-state index in [0.717, 1.165) is 28.2 Å². The summed E-state index contributed by atoms with van der Waals surface area (Å²) in [7, 11) is 0. The van der Waals surface area contributed by atoms with Crippen LogP contribution in [0.5, 0.6) is 5.75 Å². The largest absolute Gasteiger partial charge is 0.493 e. The summed E-state index contributed by atoms with van der Waals surface area (Å²) in [5.74, 6) is 1.64. The molecule has 0 aliphatic rings. The first-order valence-corrected chi connectivity index (χ1v) is 8.56. The van der Waals surface area contributed by atoms with Gasteiger partial charge in [-0.15, -0.1) is 0 Å². The Balaban J connectivity index is 1.45. The maximum atomic E-state index is 12.1. The Bertz CT molecular complexity index is 824. The molecular formula is C20H23N3O2. The van der Waals surface area contributed by atoms with Crippen LogP contribution < -0.4 is 10.1 Å². The van der Waals surface area contributed by atoms with E-state index in [2.05, 4.69) is 15.3 Å². The van der Waals surface area contributed by atoms with Crippen LogP contribution in [0.2, 0.25) is 0 Å². The minimum Gasteiger partial charge on any atom is -0.493 e. The summed E-state index contributed by atoms with van der Waals surface area (Å²) in [6.07, 6.45) is 1.10. The lowest BCUT2D eigenvalue weighted by Crippen LogP contribution is -2.27.